The summed E-state index contributed by atoms with van der Waals surface area (Å²) in [4.78, 5) is 16.0. The first-order valence-corrected chi connectivity index (χ1v) is 5.60. The van der Waals surface area contributed by atoms with Crippen LogP contribution in [0, 0.1) is 0 Å². The average Bonchev–Trinajstić information content (AvgIpc) is 2.18. The lowest BCUT2D eigenvalue weighted by Crippen LogP contribution is -2.50. The Labute approximate surface area is 92.2 Å². The molecule has 4 heteroatoms. The second-order valence-corrected chi connectivity index (χ2v) is 4.38. The van der Waals surface area contributed by atoms with Crippen LogP contribution in [-0.4, -0.2) is 68.1 Å². The van der Waals surface area contributed by atoms with Gasteiger partial charge in [-0.05, 0) is 13.8 Å². The van der Waals surface area contributed by atoms with Crippen molar-refractivity contribution in [2.24, 2.45) is 0 Å². The average molecular weight is 214 g/mol. The number of carbonyl (C=O) groups is 1. The highest BCUT2D eigenvalue weighted by atomic mass is 16.5. The molecule has 88 valence electrons. The van der Waals surface area contributed by atoms with Gasteiger partial charge in [0.1, 0.15) is 6.61 Å². The Balaban J connectivity index is 2.22. The molecule has 0 saturated carbocycles. The van der Waals surface area contributed by atoms with E-state index in [-0.39, 0.29) is 12.4 Å². The number of carbonyl (C=O) groups excluding carboxylic acids is 1. The maximum Gasteiger partial charge on any atom is 0.172 e. The first-order chi connectivity index (χ1) is 7.13. The molecule has 1 heterocycles. The van der Waals surface area contributed by atoms with Gasteiger partial charge < -0.3 is 4.74 Å². The van der Waals surface area contributed by atoms with Gasteiger partial charge in [0.25, 0.3) is 0 Å². The van der Waals surface area contributed by atoms with Gasteiger partial charge >= 0.3 is 0 Å². The minimum atomic E-state index is 0.176. The molecular formula is C11H22N2O2. The molecule has 0 aliphatic carbocycles. The molecule has 1 aliphatic rings. The highest BCUT2D eigenvalue weighted by Crippen LogP contribution is 2.05. The van der Waals surface area contributed by atoms with Crippen molar-refractivity contribution in [1.29, 1.82) is 0 Å². The van der Waals surface area contributed by atoms with E-state index in [2.05, 4.69) is 23.6 Å². The lowest BCUT2D eigenvalue weighted by molar-refractivity contribution is -0.124. The zero-order valence-electron chi connectivity index (χ0n) is 10.0. The van der Waals surface area contributed by atoms with Crippen LogP contribution in [-0.2, 0) is 9.53 Å². The van der Waals surface area contributed by atoms with Crippen molar-refractivity contribution in [3.63, 3.8) is 0 Å². The Morgan fingerprint density at radius 1 is 1.27 bits per heavy atom. The molecule has 0 radical (unpaired) electrons. The van der Waals surface area contributed by atoms with E-state index in [0.29, 0.717) is 12.6 Å². The van der Waals surface area contributed by atoms with Gasteiger partial charge in [-0.1, -0.05) is 0 Å². The van der Waals surface area contributed by atoms with Crippen molar-refractivity contribution in [3.8, 4) is 0 Å². The fourth-order valence-electron chi connectivity index (χ4n) is 1.89. The van der Waals surface area contributed by atoms with E-state index in [1.54, 1.807) is 7.11 Å². The van der Waals surface area contributed by atoms with E-state index in [1.165, 1.54) is 0 Å². The van der Waals surface area contributed by atoms with Crippen LogP contribution < -0.4 is 0 Å². The number of methoxy groups -OCH3 is 1. The Hall–Kier alpha value is -0.450. The summed E-state index contributed by atoms with van der Waals surface area (Å²) in [6, 6.07) is 0.613. The van der Waals surface area contributed by atoms with Crippen LogP contribution in [0.4, 0.5) is 0 Å². The molecule has 1 fully saturated rings. The first kappa shape index (κ1) is 12.6. The predicted octanol–water partition coefficient (Wildman–Crippen LogP) is 0.228. The fraction of sp³-hybridized carbons (Fsp3) is 0.909. The Morgan fingerprint density at radius 3 is 2.33 bits per heavy atom. The van der Waals surface area contributed by atoms with Gasteiger partial charge in [0.2, 0.25) is 0 Å². The molecule has 0 aromatic rings. The van der Waals surface area contributed by atoms with Crippen molar-refractivity contribution in [1.82, 2.24) is 9.80 Å². The molecular weight excluding hydrogens is 192 g/mol. The topological polar surface area (TPSA) is 32.8 Å². The SMILES string of the molecule is COCC(=O)CN1CCN(C(C)C)CC1. The van der Waals surface area contributed by atoms with Crippen LogP contribution in [0.2, 0.25) is 0 Å². The van der Waals surface area contributed by atoms with E-state index in [9.17, 15) is 4.79 Å². The third kappa shape index (κ3) is 4.28. The molecule has 0 bridgehead atoms. The highest BCUT2D eigenvalue weighted by Gasteiger charge is 2.19. The van der Waals surface area contributed by atoms with Gasteiger partial charge in [0.15, 0.2) is 5.78 Å². The maximum atomic E-state index is 11.3. The monoisotopic (exact) mass is 214 g/mol. The molecule has 1 rings (SSSR count). The number of ketones is 1. The van der Waals surface area contributed by atoms with E-state index >= 15 is 0 Å². The summed E-state index contributed by atoms with van der Waals surface area (Å²) in [5.41, 5.74) is 0. The molecule has 15 heavy (non-hydrogen) atoms. The van der Waals surface area contributed by atoms with Crippen molar-refractivity contribution >= 4 is 5.78 Å². The highest BCUT2D eigenvalue weighted by molar-refractivity contribution is 5.81. The van der Waals surface area contributed by atoms with Crippen LogP contribution >= 0.6 is 0 Å². The number of Topliss-reactive ketones (excluding diaryl/α,β-unsaturated/α-hetero) is 1. The number of hydrogen-bond acceptors (Lipinski definition) is 4. The van der Waals surface area contributed by atoms with E-state index in [0.717, 1.165) is 26.2 Å². The molecule has 1 aliphatic heterocycles. The summed E-state index contributed by atoms with van der Waals surface area (Å²) in [5, 5.41) is 0. The van der Waals surface area contributed by atoms with Crippen LogP contribution in [0.3, 0.4) is 0 Å². The number of piperazine rings is 1. The number of rotatable bonds is 5. The molecule has 0 unspecified atom stereocenters. The number of nitrogens with zero attached hydrogens (tertiary/aromatic N) is 2. The van der Waals surface area contributed by atoms with Gasteiger partial charge in [-0.2, -0.15) is 0 Å². The summed E-state index contributed by atoms with van der Waals surface area (Å²) >= 11 is 0. The standard InChI is InChI=1S/C11H22N2O2/c1-10(2)13-6-4-12(5-7-13)8-11(14)9-15-3/h10H,4-9H2,1-3H3. The normalized spacial score (nSPS) is 19.7. The summed E-state index contributed by atoms with van der Waals surface area (Å²) < 4.78 is 4.82. The van der Waals surface area contributed by atoms with Crippen molar-refractivity contribution < 1.29 is 9.53 Å². The third-order valence-electron chi connectivity index (χ3n) is 2.84. The second-order valence-electron chi connectivity index (χ2n) is 4.38. The molecule has 4 nitrogen and oxygen atoms in total. The maximum absolute atomic E-state index is 11.3. The second kappa shape index (κ2) is 6.20. The molecule has 0 aromatic heterocycles. The molecule has 0 aromatic carbocycles. The lowest BCUT2D eigenvalue weighted by Gasteiger charge is -2.36. The van der Waals surface area contributed by atoms with Crippen LogP contribution in [0.25, 0.3) is 0 Å². The van der Waals surface area contributed by atoms with Crippen LogP contribution in [0.5, 0.6) is 0 Å². The van der Waals surface area contributed by atoms with Gasteiger partial charge in [-0.15, -0.1) is 0 Å². The molecule has 1 saturated heterocycles. The van der Waals surface area contributed by atoms with E-state index in [4.69, 9.17) is 4.74 Å². The molecule has 0 N–H and O–H groups in total. The minimum absolute atomic E-state index is 0.176. The van der Waals surface area contributed by atoms with Gasteiger partial charge in [0, 0.05) is 39.3 Å². The zero-order chi connectivity index (χ0) is 11.3. The minimum Gasteiger partial charge on any atom is -0.377 e. The van der Waals surface area contributed by atoms with E-state index < -0.39 is 0 Å². The molecule has 0 atom stereocenters. The first-order valence-electron chi connectivity index (χ1n) is 5.60. The largest absolute Gasteiger partial charge is 0.377 e. The zero-order valence-corrected chi connectivity index (χ0v) is 10.0. The lowest BCUT2D eigenvalue weighted by atomic mass is 10.2. The smallest absolute Gasteiger partial charge is 0.172 e. The van der Waals surface area contributed by atoms with Crippen LogP contribution in [0.15, 0.2) is 0 Å². The van der Waals surface area contributed by atoms with Crippen molar-refractivity contribution in [2.75, 3.05) is 46.4 Å². The summed E-state index contributed by atoms with van der Waals surface area (Å²) in [7, 11) is 1.56. The summed E-state index contributed by atoms with van der Waals surface area (Å²) in [5.74, 6) is 0.176. The molecule has 0 amide bonds. The molecule has 0 spiro atoms. The fourth-order valence-corrected chi connectivity index (χ4v) is 1.89. The third-order valence-corrected chi connectivity index (χ3v) is 2.84. The van der Waals surface area contributed by atoms with Crippen molar-refractivity contribution in [2.45, 2.75) is 19.9 Å². The Bertz CT molecular complexity index is 199. The Morgan fingerprint density at radius 2 is 1.87 bits per heavy atom. The Kier molecular flexibility index (Phi) is 5.22. The number of ether oxygens (including phenoxy) is 1. The van der Waals surface area contributed by atoms with Crippen molar-refractivity contribution in [3.05, 3.63) is 0 Å². The van der Waals surface area contributed by atoms with E-state index in [1.807, 2.05) is 0 Å². The van der Waals surface area contributed by atoms with Gasteiger partial charge in [-0.3, -0.25) is 14.6 Å². The summed E-state index contributed by atoms with van der Waals surface area (Å²) in [6.07, 6.45) is 0. The van der Waals surface area contributed by atoms with Gasteiger partial charge in [0.05, 0.1) is 6.54 Å². The predicted molar refractivity (Wildman–Crippen MR) is 60.0 cm³/mol. The number of hydrogen-bond donors (Lipinski definition) is 0. The van der Waals surface area contributed by atoms with Crippen LogP contribution in [0.1, 0.15) is 13.8 Å². The van der Waals surface area contributed by atoms with Gasteiger partial charge in [-0.25, -0.2) is 0 Å². The summed E-state index contributed by atoms with van der Waals surface area (Å²) in [6.45, 7) is 9.33. The quantitative estimate of drug-likeness (QED) is 0.656.